The van der Waals surface area contributed by atoms with Crippen LogP contribution >= 0.6 is 0 Å². The number of unbranched alkanes of at least 4 members (excludes halogenated alkanes) is 16. The Kier molecular flexibility index (Phi) is 36.4. The Hall–Kier alpha value is -5.15. The predicted octanol–water partition coefficient (Wildman–Crippen LogP) is 16.3. The number of aromatic hydroxyl groups is 4. The van der Waals surface area contributed by atoms with E-state index >= 15 is 0 Å². The maximum Gasteiger partial charge on any atom is 2.00 e. The quantitative estimate of drug-likeness (QED) is 0.0157. The number of rotatable bonds is 33. The number of aliphatic imine (C=N–C) groups is 2. The van der Waals surface area contributed by atoms with Crippen molar-refractivity contribution < 1.29 is 56.7 Å². The van der Waals surface area contributed by atoms with Crippen LogP contribution in [-0.2, 0) is 42.2 Å². The minimum absolute atomic E-state index is 0. The molecule has 0 heterocycles. The van der Waals surface area contributed by atoms with Crippen molar-refractivity contribution in [3.05, 3.63) is 104 Å². The molecule has 430 valence electrons. The number of phenolic OH excluding ortho intramolecular Hbond substituents is 2. The molecule has 0 aliphatic carbocycles. The zero-order valence-corrected chi connectivity index (χ0v) is 50.0. The number of carboxylic acid groups (broad SMARTS) is 2. The van der Waals surface area contributed by atoms with Crippen molar-refractivity contribution >= 4 is 34.7 Å². The number of aromatic carboxylic acids is 2. The Balaban J connectivity index is 0.000000618. The molecule has 11 heteroatoms. The molecule has 0 saturated carbocycles. The summed E-state index contributed by atoms with van der Waals surface area (Å²) in [4.78, 5) is 33.1. The van der Waals surface area contributed by atoms with E-state index in [2.05, 4.69) is 106 Å². The van der Waals surface area contributed by atoms with Gasteiger partial charge in [-0.15, -0.1) is 0 Å². The average Bonchev–Trinajstić information content (AvgIpc) is 3.36. The minimum Gasteiger partial charge on any atom is -0.545 e. The largest absolute Gasteiger partial charge is 2.00 e. The van der Waals surface area contributed by atoms with Crippen LogP contribution in [0.25, 0.3) is 0 Å². The summed E-state index contributed by atoms with van der Waals surface area (Å²) in [5, 5.41) is 61.5. The van der Waals surface area contributed by atoms with E-state index in [9.17, 15) is 40.2 Å². The molecule has 4 N–H and O–H groups in total. The number of hydrogen-bond acceptors (Lipinski definition) is 10. The summed E-state index contributed by atoms with van der Waals surface area (Å²) >= 11 is 0. The summed E-state index contributed by atoms with van der Waals surface area (Å²) in [6, 6.07) is 16.3. The molecule has 0 aliphatic heterocycles. The fraction of sp³-hybridized carbons (Fsp3) is 0.576. The molecule has 0 amide bonds. The van der Waals surface area contributed by atoms with Crippen molar-refractivity contribution in [2.24, 2.45) is 9.98 Å². The summed E-state index contributed by atoms with van der Waals surface area (Å²) in [6.07, 6.45) is 29.8. The summed E-state index contributed by atoms with van der Waals surface area (Å²) in [6.45, 7) is 21.5. The van der Waals surface area contributed by atoms with Gasteiger partial charge in [-0.05, 0) is 186 Å². The Morgan fingerprint density at radius 1 is 0.390 bits per heavy atom. The average molecular weight is 1110 g/mol. The van der Waals surface area contributed by atoms with Crippen molar-refractivity contribution in [2.45, 2.75) is 249 Å². The molecule has 4 aromatic carbocycles. The molecule has 77 heavy (non-hydrogen) atoms. The summed E-state index contributed by atoms with van der Waals surface area (Å²) in [5.74, 6) is -4.76. The van der Waals surface area contributed by atoms with Crippen molar-refractivity contribution in [2.75, 3.05) is 0 Å². The summed E-state index contributed by atoms with van der Waals surface area (Å²) < 4.78 is 0. The smallest absolute Gasteiger partial charge is 0.545 e. The van der Waals surface area contributed by atoms with Crippen molar-refractivity contribution in [3.8, 4) is 23.0 Å². The van der Waals surface area contributed by atoms with Gasteiger partial charge in [0.05, 0.1) is 34.7 Å². The molecule has 0 saturated heterocycles. The second-order valence-corrected chi connectivity index (χ2v) is 21.1. The van der Waals surface area contributed by atoms with E-state index in [1.54, 1.807) is 0 Å². The number of nitrogens with zero attached hydrogens (tertiary/aromatic N) is 2. The molecular formula is C66H98N2NiO8. The summed E-state index contributed by atoms with van der Waals surface area (Å²) in [5.41, 5.74) is 12.0. The Bertz CT molecular complexity index is 2220. The molecule has 10 nitrogen and oxygen atoms in total. The zero-order valence-electron chi connectivity index (χ0n) is 49.1. The van der Waals surface area contributed by atoms with Crippen LogP contribution < -0.4 is 10.2 Å². The van der Waals surface area contributed by atoms with E-state index in [0.29, 0.717) is 36.8 Å². The normalized spacial score (nSPS) is 11.4. The zero-order chi connectivity index (χ0) is 56.4. The van der Waals surface area contributed by atoms with Crippen LogP contribution in [0.3, 0.4) is 0 Å². The molecule has 0 atom stereocenters. The molecular weight excluding hydrogens is 1010 g/mol. The number of carbonyl (C=O) groups excluding carboxylic acids is 2. The Morgan fingerprint density at radius 3 is 0.974 bits per heavy atom. The Labute approximate surface area is 475 Å². The minimum atomic E-state index is -1.43. The fourth-order valence-electron chi connectivity index (χ4n) is 9.82. The van der Waals surface area contributed by atoms with E-state index in [0.717, 1.165) is 99.6 Å². The standard InChI is InChI=1S/C34H52N2.2C16H24O4.Ni/c1-7-9-11-13-15-17-19-33(35-31-23-27(3)21-28(4)24-31)34(20-18-16-14-12-10-8-2)36-32-25-29(5)22-30(6)26-32;2*1-3-5-7-9-12-11(8-6-4-2)10-13(17)15(18)14(12)16(19)20;/h21-26H,7-20H2,1-6H3;2*10,17-18H,3-9H2,1-2H3,(H,19,20);/q;;;+2/p-2. The maximum atomic E-state index is 11.3. The first kappa shape index (κ1) is 69.9. The SMILES string of the molecule is CCCCCCCCC(=Nc1cc(C)cc(C)c1)C(CCCCCCCC)=Nc1cc(C)cc(C)c1.CCCCCc1c(CCCC)cc(O)c(O)c1C(=O)[O-].CCCCCc1c(CCCC)cc(O)c(O)c1C(=O)[O-].[Ni+2]. The molecule has 0 radical (unpaired) electrons. The van der Waals surface area contributed by atoms with Gasteiger partial charge in [0.15, 0.2) is 23.0 Å². The molecule has 0 spiro atoms. The second-order valence-electron chi connectivity index (χ2n) is 21.1. The summed E-state index contributed by atoms with van der Waals surface area (Å²) in [7, 11) is 0. The van der Waals surface area contributed by atoms with Gasteiger partial charge in [-0.25, -0.2) is 0 Å². The second kappa shape index (κ2) is 40.1. The molecule has 0 fully saturated rings. The van der Waals surface area contributed by atoms with Gasteiger partial charge in [-0.2, -0.15) is 0 Å². The fourth-order valence-corrected chi connectivity index (χ4v) is 9.82. The van der Waals surface area contributed by atoms with Crippen LogP contribution in [0, 0.1) is 27.7 Å². The van der Waals surface area contributed by atoms with E-state index in [-0.39, 0.29) is 39.1 Å². The van der Waals surface area contributed by atoms with Gasteiger partial charge < -0.3 is 40.2 Å². The molecule has 0 aromatic heterocycles. The van der Waals surface area contributed by atoms with Crippen LogP contribution in [0.4, 0.5) is 11.4 Å². The topological polar surface area (TPSA) is 186 Å². The van der Waals surface area contributed by atoms with Crippen molar-refractivity contribution in [1.82, 2.24) is 0 Å². The van der Waals surface area contributed by atoms with Gasteiger partial charge in [-0.3, -0.25) is 9.98 Å². The first-order chi connectivity index (χ1) is 36.5. The van der Waals surface area contributed by atoms with Crippen LogP contribution in [0.2, 0.25) is 0 Å². The third-order valence-corrected chi connectivity index (χ3v) is 13.8. The number of benzene rings is 4. The first-order valence-corrected chi connectivity index (χ1v) is 29.3. The molecule has 4 aromatic rings. The van der Waals surface area contributed by atoms with Gasteiger partial charge in [0.25, 0.3) is 0 Å². The van der Waals surface area contributed by atoms with Gasteiger partial charge in [0.2, 0.25) is 0 Å². The van der Waals surface area contributed by atoms with Crippen molar-refractivity contribution in [1.29, 1.82) is 0 Å². The number of aryl methyl sites for hydroxylation is 6. The molecule has 0 bridgehead atoms. The Morgan fingerprint density at radius 2 is 0.675 bits per heavy atom. The maximum absolute atomic E-state index is 11.3. The van der Waals surface area contributed by atoms with Gasteiger partial charge in [0.1, 0.15) is 0 Å². The van der Waals surface area contributed by atoms with E-state index in [1.807, 2.05) is 0 Å². The van der Waals surface area contributed by atoms with Crippen LogP contribution in [0.15, 0.2) is 58.5 Å². The third kappa shape index (κ3) is 26.4. The van der Waals surface area contributed by atoms with E-state index in [1.165, 1.54) is 123 Å². The molecule has 4 rings (SSSR count). The van der Waals surface area contributed by atoms with Gasteiger partial charge in [-0.1, -0.05) is 156 Å². The van der Waals surface area contributed by atoms with Gasteiger partial charge in [0, 0.05) is 11.1 Å². The third-order valence-electron chi connectivity index (χ3n) is 13.8. The monoisotopic (exact) mass is 1100 g/mol. The number of carboxylic acids is 2. The molecule has 0 aliphatic rings. The molecule has 0 unspecified atom stereocenters. The number of hydrogen-bond donors (Lipinski definition) is 4. The van der Waals surface area contributed by atoms with Crippen molar-refractivity contribution in [3.63, 3.8) is 0 Å². The van der Waals surface area contributed by atoms with Crippen LogP contribution in [0.5, 0.6) is 23.0 Å². The number of carbonyl (C=O) groups is 2. The van der Waals surface area contributed by atoms with Gasteiger partial charge >= 0.3 is 16.5 Å². The number of phenols is 4. The van der Waals surface area contributed by atoms with Crippen LogP contribution in [-0.4, -0.2) is 43.8 Å². The first-order valence-electron chi connectivity index (χ1n) is 29.3. The predicted molar refractivity (Wildman–Crippen MR) is 314 cm³/mol. The van der Waals surface area contributed by atoms with E-state index < -0.39 is 23.4 Å². The van der Waals surface area contributed by atoms with E-state index in [4.69, 9.17) is 9.98 Å². The van der Waals surface area contributed by atoms with Crippen LogP contribution in [0.1, 0.15) is 261 Å².